The van der Waals surface area contributed by atoms with Gasteiger partial charge in [0.25, 0.3) is 5.91 Å². The van der Waals surface area contributed by atoms with Gasteiger partial charge < -0.3 is 15.4 Å². The number of aromatic nitrogens is 1. The van der Waals surface area contributed by atoms with Crippen molar-refractivity contribution in [3.63, 3.8) is 0 Å². The van der Waals surface area contributed by atoms with Crippen LogP contribution in [0.15, 0.2) is 18.2 Å². The molecule has 0 aliphatic heterocycles. The Morgan fingerprint density at radius 3 is 2.48 bits per heavy atom. The molecule has 0 fully saturated rings. The molecule has 2 rings (SSSR count). The first-order chi connectivity index (χ1) is 9.81. The molecule has 0 saturated heterocycles. The number of amides is 1. The quantitative estimate of drug-likeness (QED) is 0.762. The number of carboxylic acid groups (broad SMARTS) is 1. The lowest BCUT2D eigenvalue weighted by molar-refractivity contribution is 0.0692. The van der Waals surface area contributed by atoms with Crippen molar-refractivity contribution < 1.29 is 27.9 Å². The summed E-state index contributed by atoms with van der Waals surface area (Å²) in [6.45, 7) is 1.56. The minimum atomic E-state index is -1.77. The van der Waals surface area contributed by atoms with Crippen LogP contribution >= 0.6 is 0 Å². The fourth-order valence-electron chi connectivity index (χ4n) is 1.75. The number of hydrogen-bond acceptors (Lipinski definition) is 2. The maximum absolute atomic E-state index is 13.5. The number of H-pyrrole nitrogens is 1. The number of carbonyl (C=O) groups excluding carboxylic acids is 1. The lowest BCUT2D eigenvalue weighted by atomic mass is 10.1. The van der Waals surface area contributed by atoms with E-state index in [4.69, 9.17) is 5.11 Å². The van der Waals surface area contributed by atoms with Gasteiger partial charge in [-0.25, -0.2) is 18.0 Å². The zero-order valence-electron chi connectivity index (χ0n) is 10.6. The van der Waals surface area contributed by atoms with Crippen molar-refractivity contribution in [2.24, 2.45) is 0 Å². The van der Waals surface area contributed by atoms with E-state index in [2.05, 4.69) is 10.3 Å². The first-order valence-electron chi connectivity index (χ1n) is 5.69. The van der Waals surface area contributed by atoms with Crippen molar-refractivity contribution in [1.82, 2.24) is 4.98 Å². The van der Waals surface area contributed by atoms with Crippen LogP contribution in [0.25, 0.3) is 0 Å². The summed E-state index contributed by atoms with van der Waals surface area (Å²) in [5, 5.41) is 11.1. The van der Waals surface area contributed by atoms with Crippen molar-refractivity contribution in [3.8, 4) is 0 Å². The smallest absolute Gasteiger partial charge is 0.354 e. The number of aryl methyl sites for hydroxylation is 1. The first kappa shape index (κ1) is 14.6. The molecule has 0 unspecified atom stereocenters. The predicted octanol–water partition coefficient (Wildman–Crippen LogP) is 2.69. The largest absolute Gasteiger partial charge is 0.477 e. The number of aromatic amines is 1. The third-order valence-corrected chi connectivity index (χ3v) is 2.69. The summed E-state index contributed by atoms with van der Waals surface area (Å²) in [5.74, 6) is -7.26. The summed E-state index contributed by atoms with van der Waals surface area (Å²) < 4.78 is 39.3. The molecule has 110 valence electrons. The van der Waals surface area contributed by atoms with Gasteiger partial charge in [0.2, 0.25) is 0 Å². The Labute approximate surface area is 116 Å². The first-order valence-corrected chi connectivity index (χ1v) is 5.69. The van der Waals surface area contributed by atoms with Gasteiger partial charge in [0.1, 0.15) is 5.69 Å². The molecular formula is C13H9F3N2O3. The average molecular weight is 298 g/mol. The molecular weight excluding hydrogens is 289 g/mol. The van der Waals surface area contributed by atoms with E-state index in [1.165, 1.54) is 6.07 Å². The van der Waals surface area contributed by atoms with Gasteiger partial charge in [-0.15, -0.1) is 0 Å². The maximum atomic E-state index is 13.5. The van der Waals surface area contributed by atoms with Crippen molar-refractivity contribution in [2.75, 3.05) is 5.32 Å². The molecule has 3 N–H and O–H groups in total. The van der Waals surface area contributed by atoms with Crippen LogP contribution in [0, 0.1) is 24.4 Å². The molecule has 5 nitrogen and oxygen atoms in total. The van der Waals surface area contributed by atoms with Crippen molar-refractivity contribution >= 4 is 17.6 Å². The minimum Gasteiger partial charge on any atom is -0.477 e. The molecule has 21 heavy (non-hydrogen) atoms. The number of aromatic carboxylic acids is 1. The number of benzene rings is 1. The fourth-order valence-corrected chi connectivity index (χ4v) is 1.75. The van der Waals surface area contributed by atoms with Gasteiger partial charge in [-0.1, -0.05) is 0 Å². The number of carbonyl (C=O) groups is 2. The lowest BCUT2D eigenvalue weighted by Crippen LogP contribution is -2.16. The van der Waals surface area contributed by atoms with Crippen molar-refractivity contribution in [1.29, 1.82) is 0 Å². The Bertz CT molecular complexity index is 741. The SMILES string of the molecule is Cc1cc(NC(=O)c2ccc(F)c(F)c2F)c(C(=O)O)[nH]1. The molecule has 8 heteroatoms. The molecule has 1 amide bonds. The average Bonchev–Trinajstić information content (AvgIpc) is 2.77. The van der Waals surface area contributed by atoms with Crippen LogP contribution in [0.1, 0.15) is 26.5 Å². The van der Waals surface area contributed by atoms with E-state index >= 15 is 0 Å². The molecule has 0 bridgehead atoms. The molecule has 2 aromatic rings. The number of rotatable bonds is 3. The van der Waals surface area contributed by atoms with Crippen LogP contribution in [-0.2, 0) is 0 Å². The van der Waals surface area contributed by atoms with Crippen molar-refractivity contribution in [2.45, 2.75) is 6.92 Å². The lowest BCUT2D eigenvalue weighted by Gasteiger charge is -2.06. The second-order valence-corrected chi connectivity index (χ2v) is 4.22. The Balaban J connectivity index is 2.35. The number of carboxylic acids is 1. The van der Waals surface area contributed by atoms with E-state index in [9.17, 15) is 22.8 Å². The van der Waals surface area contributed by atoms with Crippen molar-refractivity contribution in [3.05, 3.63) is 52.6 Å². The van der Waals surface area contributed by atoms with Crippen LogP contribution in [0.2, 0.25) is 0 Å². The second-order valence-electron chi connectivity index (χ2n) is 4.22. The number of nitrogens with one attached hydrogen (secondary N) is 2. The van der Waals surface area contributed by atoms with E-state index in [-0.39, 0.29) is 11.4 Å². The van der Waals surface area contributed by atoms with Gasteiger partial charge in [0.15, 0.2) is 17.5 Å². The third kappa shape index (κ3) is 2.73. The zero-order valence-corrected chi connectivity index (χ0v) is 10.6. The van der Waals surface area contributed by atoms with Gasteiger partial charge in [0.05, 0.1) is 11.3 Å². The monoisotopic (exact) mass is 298 g/mol. The standard InChI is InChI=1S/C13H9F3N2O3/c1-5-4-8(11(17-5)13(20)21)18-12(19)6-2-3-7(14)10(16)9(6)15/h2-4,17H,1H3,(H,18,19)(H,20,21). The summed E-state index contributed by atoms with van der Waals surface area (Å²) in [6, 6.07) is 2.69. The van der Waals surface area contributed by atoms with Crippen LogP contribution in [0.4, 0.5) is 18.9 Å². The van der Waals surface area contributed by atoms with Gasteiger partial charge in [0, 0.05) is 5.69 Å². The molecule has 1 aromatic heterocycles. The molecule has 0 radical (unpaired) electrons. The van der Waals surface area contributed by atoms with Gasteiger partial charge in [-0.2, -0.15) is 0 Å². The van der Waals surface area contributed by atoms with Gasteiger partial charge in [-0.3, -0.25) is 4.79 Å². The van der Waals surface area contributed by atoms with Gasteiger partial charge >= 0.3 is 5.97 Å². The topological polar surface area (TPSA) is 82.2 Å². The molecule has 0 atom stereocenters. The predicted molar refractivity (Wildman–Crippen MR) is 66.8 cm³/mol. The second kappa shape index (κ2) is 5.31. The number of halogens is 3. The zero-order chi connectivity index (χ0) is 15.7. The highest BCUT2D eigenvalue weighted by atomic mass is 19.2. The normalized spacial score (nSPS) is 10.5. The Morgan fingerprint density at radius 1 is 1.19 bits per heavy atom. The van der Waals surface area contributed by atoms with E-state index in [0.29, 0.717) is 11.8 Å². The summed E-state index contributed by atoms with van der Waals surface area (Å²) in [4.78, 5) is 25.3. The minimum absolute atomic E-state index is 0.103. The summed E-state index contributed by atoms with van der Waals surface area (Å²) in [7, 11) is 0. The van der Waals surface area contributed by atoms with Crippen LogP contribution in [0.3, 0.4) is 0 Å². The molecule has 0 aliphatic carbocycles. The maximum Gasteiger partial charge on any atom is 0.354 e. The molecule has 0 aliphatic rings. The third-order valence-electron chi connectivity index (χ3n) is 2.69. The van der Waals surface area contributed by atoms with E-state index in [1.807, 2.05) is 0 Å². The van der Waals surface area contributed by atoms with E-state index in [0.717, 1.165) is 6.07 Å². The van der Waals surface area contributed by atoms with E-state index in [1.54, 1.807) is 6.92 Å². The highest BCUT2D eigenvalue weighted by molar-refractivity contribution is 6.07. The molecule has 1 heterocycles. The summed E-state index contributed by atoms with van der Waals surface area (Å²) in [5.41, 5.74) is -0.685. The number of anilines is 1. The highest BCUT2D eigenvalue weighted by Crippen LogP contribution is 2.20. The number of hydrogen-bond donors (Lipinski definition) is 3. The highest BCUT2D eigenvalue weighted by Gasteiger charge is 2.21. The van der Waals surface area contributed by atoms with Crippen LogP contribution in [0.5, 0.6) is 0 Å². The van der Waals surface area contributed by atoms with E-state index < -0.39 is 34.9 Å². The Hall–Kier alpha value is -2.77. The molecule has 0 spiro atoms. The van der Waals surface area contributed by atoms with Crippen LogP contribution in [-0.4, -0.2) is 22.0 Å². The Morgan fingerprint density at radius 2 is 1.86 bits per heavy atom. The molecule has 1 aromatic carbocycles. The van der Waals surface area contributed by atoms with Gasteiger partial charge in [-0.05, 0) is 25.1 Å². The summed E-state index contributed by atoms with van der Waals surface area (Å²) >= 11 is 0. The Kier molecular flexibility index (Phi) is 3.70. The molecule has 0 saturated carbocycles. The van der Waals surface area contributed by atoms with Crippen LogP contribution < -0.4 is 5.32 Å². The summed E-state index contributed by atoms with van der Waals surface area (Å²) in [6.07, 6.45) is 0. The fraction of sp³-hybridized carbons (Fsp3) is 0.0769.